The van der Waals surface area contributed by atoms with Gasteiger partial charge in [-0.1, -0.05) is 25.0 Å². The molecular formula is C26H33N3O5. The summed E-state index contributed by atoms with van der Waals surface area (Å²) in [4.78, 5) is 30.4. The van der Waals surface area contributed by atoms with Crippen molar-refractivity contribution in [2.45, 2.75) is 39.2 Å². The molecule has 0 aliphatic carbocycles. The molecule has 2 aromatic carbocycles. The van der Waals surface area contributed by atoms with Crippen molar-refractivity contribution in [3.63, 3.8) is 0 Å². The van der Waals surface area contributed by atoms with E-state index in [0.717, 1.165) is 37.8 Å². The number of hydrogen-bond acceptors (Lipinski definition) is 6. The summed E-state index contributed by atoms with van der Waals surface area (Å²) in [5.74, 6) is -1.32. The standard InChI is InChI=1S/C26H33N3O5/c1-4-33-26-27-22-14-13-21(24(30)31)17-23(22)29(26)18-19-9-11-20(12-10-19)25(32)34-16-8-6-5-7-15-28(2)3/h9-14,17H,4-8,15-16,18H2,1-3H3,(H,30,31). The van der Waals surface area contributed by atoms with Gasteiger partial charge in [0.15, 0.2) is 0 Å². The molecule has 0 spiro atoms. The van der Waals surface area contributed by atoms with Gasteiger partial charge in [-0.2, -0.15) is 4.98 Å². The zero-order chi connectivity index (χ0) is 24.5. The van der Waals surface area contributed by atoms with Crippen LogP contribution >= 0.6 is 0 Å². The molecule has 1 N–H and O–H groups in total. The van der Waals surface area contributed by atoms with E-state index in [1.54, 1.807) is 24.3 Å². The van der Waals surface area contributed by atoms with Crippen molar-refractivity contribution < 1.29 is 24.2 Å². The molecule has 182 valence electrons. The number of hydrogen-bond donors (Lipinski definition) is 1. The normalized spacial score (nSPS) is 11.2. The third kappa shape index (κ3) is 6.81. The molecule has 0 aliphatic rings. The molecule has 1 heterocycles. The van der Waals surface area contributed by atoms with Crippen LogP contribution in [0.2, 0.25) is 0 Å². The van der Waals surface area contributed by atoms with Crippen LogP contribution in [-0.2, 0) is 11.3 Å². The third-order valence-corrected chi connectivity index (χ3v) is 5.50. The first-order valence-corrected chi connectivity index (χ1v) is 11.7. The van der Waals surface area contributed by atoms with E-state index in [9.17, 15) is 14.7 Å². The first kappa shape index (κ1) is 25.2. The molecular weight excluding hydrogens is 434 g/mol. The van der Waals surface area contributed by atoms with E-state index in [0.29, 0.717) is 42.4 Å². The van der Waals surface area contributed by atoms with Gasteiger partial charge in [0.05, 0.1) is 41.9 Å². The molecule has 3 rings (SSSR count). The summed E-state index contributed by atoms with van der Waals surface area (Å²) in [5.41, 5.74) is 2.96. The molecule has 0 saturated heterocycles. The van der Waals surface area contributed by atoms with Crippen LogP contribution < -0.4 is 4.74 Å². The second-order valence-electron chi connectivity index (χ2n) is 8.47. The summed E-state index contributed by atoms with van der Waals surface area (Å²) in [6, 6.07) is 12.4. The van der Waals surface area contributed by atoms with Crippen LogP contribution in [0.4, 0.5) is 0 Å². The SMILES string of the molecule is CCOc1nc2ccc(C(=O)O)cc2n1Cc1ccc(C(=O)OCCCCCCN(C)C)cc1. The number of nitrogens with zero attached hydrogens (tertiary/aromatic N) is 3. The van der Waals surface area contributed by atoms with Crippen LogP contribution in [-0.4, -0.2) is 65.3 Å². The van der Waals surface area contributed by atoms with Gasteiger partial charge in [0.25, 0.3) is 6.01 Å². The number of ether oxygens (including phenoxy) is 2. The van der Waals surface area contributed by atoms with Crippen molar-refractivity contribution in [2.75, 3.05) is 33.9 Å². The van der Waals surface area contributed by atoms with Gasteiger partial charge in [0.1, 0.15) is 0 Å². The number of esters is 1. The maximum atomic E-state index is 12.3. The molecule has 8 heteroatoms. The van der Waals surface area contributed by atoms with E-state index < -0.39 is 5.97 Å². The lowest BCUT2D eigenvalue weighted by atomic mass is 10.1. The summed E-state index contributed by atoms with van der Waals surface area (Å²) in [7, 11) is 4.13. The molecule has 0 bridgehead atoms. The molecule has 0 radical (unpaired) electrons. The molecule has 0 saturated carbocycles. The number of carbonyl (C=O) groups excluding carboxylic acids is 1. The minimum absolute atomic E-state index is 0.187. The maximum Gasteiger partial charge on any atom is 0.338 e. The van der Waals surface area contributed by atoms with Gasteiger partial charge in [-0.25, -0.2) is 9.59 Å². The summed E-state index contributed by atoms with van der Waals surface area (Å²) in [6.07, 6.45) is 4.19. The molecule has 34 heavy (non-hydrogen) atoms. The number of carboxylic acids is 1. The van der Waals surface area contributed by atoms with E-state index >= 15 is 0 Å². The molecule has 0 aliphatic heterocycles. The average molecular weight is 468 g/mol. The Kier molecular flexibility index (Phi) is 9.04. The third-order valence-electron chi connectivity index (χ3n) is 5.50. The summed E-state index contributed by atoms with van der Waals surface area (Å²) in [5, 5.41) is 9.35. The van der Waals surface area contributed by atoms with Crippen molar-refractivity contribution in [3.05, 3.63) is 59.2 Å². The van der Waals surface area contributed by atoms with Crippen LogP contribution in [0.1, 0.15) is 58.9 Å². The number of unbranched alkanes of at least 4 members (excludes halogenated alkanes) is 3. The van der Waals surface area contributed by atoms with Gasteiger partial charge in [0, 0.05) is 0 Å². The minimum Gasteiger partial charge on any atom is -0.478 e. The first-order chi connectivity index (χ1) is 16.4. The topological polar surface area (TPSA) is 93.9 Å². The van der Waals surface area contributed by atoms with Gasteiger partial charge < -0.3 is 19.5 Å². The molecule has 0 atom stereocenters. The maximum absolute atomic E-state index is 12.3. The fourth-order valence-electron chi connectivity index (χ4n) is 3.69. The van der Waals surface area contributed by atoms with Gasteiger partial charge in [-0.15, -0.1) is 0 Å². The number of imidazole rings is 1. The number of aromatic nitrogens is 2. The number of carboxylic acid groups (broad SMARTS) is 1. The van der Waals surface area contributed by atoms with Crippen molar-refractivity contribution in [1.82, 2.24) is 14.5 Å². The van der Waals surface area contributed by atoms with Crippen LogP contribution in [0, 0.1) is 0 Å². The lowest BCUT2D eigenvalue weighted by Crippen LogP contribution is -2.12. The van der Waals surface area contributed by atoms with Crippen LogP contribution in [0.5, 0.6) is 6.01 Å². The molecule has 0 amide bonds. The monoisotopic (exact) mass is 467 g/mol. The Bertz CT molecular complexity index is 1110. The van der Waals surface area contributed by atoms with E-state index in [2.05, 4.69) is 24.0 Å². The Morgan fingerprint density at radius 1 is 1.00 bits per heavy atom. The molecule has 0 fully saturated rings. The Balaban J connectivity index is 1.62. The molecule has 1 aromatic heterocycles. The Morgan fingerprint density at radius 3 is 2.38 bits per heavy atom. The van der Waals surface area contributed by atoms with Crippen LogP contribution in [0.15, 0.2) is 42.5 Å². The smallest absolute Gasteiger partial charge is 0.338 e. The van der Waals surface area contributed by atoms with Crippen molar-refractivity contribution in [1.29, 1.82) is 0 Å². The van der Waals surface area contributed by atoms with E-state index in [4.69, 9.17) is 9.47 Å². The quantitative estimate of drug-likeness (QED) is 0.293. The van der Waals surface area contributed by atoms with Gasteiger partial charge in [0.2, 0.25) is 0 Å². The molecule has 3 aromatic rings. The highest BCUT2D eigenvalue weighted by Gasteiger charge is 2.15. The summed E-state index contributed by atoms with van der Waals surface area (Å²) >= 11 is 0. The average Bonchev–Trinajstić information content (AvgIpc) is 3.15. The van der Waals surface area contributed by atoms with Gasteiger partial charge in [-0.05, 0) is 76.3 Å². The van der Waals surface area contributed by atoms with Gasteiger partial charge in [-0.3, -0.25) is 4.57 Å². The molecule has 8 nitrogen and oxygen atoms in total. The Hall–Kier alpha value is -3.39. The highest BCUT2D eigenvalue weighted by molar-refractivity contribution is 5.92. The number of carbonyl (C=O) groups is 2. The number of rotatable bonds is 13. The molecule has 0 unspecified atom stereocenters. The first-order valence-electron chi connectivity index (χ1n) is 11.7. The zero-order valence-electron chi connectivity index (χ0n) is 20.1. The second kappa shape index (κ2) is 12.2. The largest absolute Gasteiger partial charge is 0.478 e. The lowest BCUT2D eigenvalue weighted by Gasteiger charge is -2.10. The predicted octanol–water partition coefficient (Wildman–Crippen LogP) is 4.46. The zero-order valence-corrected chi connectivity index (χ0v) is 20.1. The van der Waals surface area contributed by atoms with E-state index in [1.165, 1.54) is 6.07 Å². The van der Waals surface area contributed by atoms with E-state index in [-0.39, 0.29) is 11.5 Å². The summed E-state index contributed by atoms with van der Waals surface area (Å²) < 4.78 is 12.9. The summed E-state index contributed by atoms with van der Waals surface area (Å²) in [6.45, 7) is 4.24. The lowest BCUT2D eigenvalue weighted by molar-refractivity contribution is 0.0497. The van der Waals surface area contributed by atoms with Crippen molar-refractivity contribution >= 4 is 23.0 Å². The van der Waals surface area contributed by atoms with E-state index in [1.807, 2.05) is 23.6 Å². The predicted molar refractivity (Wildman–Crippen MR) is 131 cm³/mol. The van der Waals surface area contributed by atoms with Gasteiger partial charge >= 0.3 is 11.9 Å². The van der Waals surface area contributed by atoms with Crippen molar-refractivity contribution in [2.24, 2.45) is 0 Å². The number of fused-ring (bicyclic) bond motifs is 1. The van der Waals surface area contributed by atoms with Crippen LogP contribution in [0.25, 0.3) is 11.0 Å². The highest BCUT2D eigenvalue weighted by atomic mass is 16.5. The Labute approximate surface area is 200 Å². The fraction of sp³-hybridized carbons (Fsp3) is 0.423. The number of aromatic carboxylic acids is 1. The fourth-order valence-corrected chi connectivity index (χ4v) is 3.69. The van der Waals surface area contributed by atoms with Crippen LogP contribution in [0.3, 0.4) is 0 Å². The van der Waals surface area contributed by atoms with Crippen molar-refractivity contribution in [3.8, 4) is 6.01 Å². The Morgan fingerprint density at radius 2 is 1.71 bits per heavy atom. The highest BCUT2D eigenvalue weighted by Crippen LogP contribution is 2.24. The number of benzene rings is 2. The second-order valence-corrected chi connectivity index (χ2v) is 8.47. The minimum atomic E-state index is -0.996.